The molecular formula is C23H45GeOScSi3. The zero-order valence-electron chi connectivity index (χ0n) is 20.6. The van der Waals surface area contributed by atoms with Crippen molar-refractivity contribution in [1.29, 1.82) is 0 Å². The summed E-state index contributed by atoms with van der Waals surface area (Å²) in [5, 5.41) is 0. The van der Waals surface area contributed by atoms with E-state index in [-0.39, 0.29) is 69.8 Å². The molecule has 2 saturated carbocycles. The molecule has 0 bridgehead atoms. The molecule has 3 aliphatic rings. The Bertz CT molecular complexity index is 165. The van der Waals surface area contributed by atoms with E-state index in [4.69, 9.17) is 4.74 Å². The van der Waals surface area contributed by atoms with Crippen molar-refractivity contribution < 1.29 is 30.6 Å². The minimum absolute atomic E-state index is 0. The molecule has 0 atom stereocenters. The molecule has 1 saturated heterocycles. The van der Waals surface area contributed by atoms with Gasteiger partial charge in [0.1, 0.15) is 0 Å². The van der Waals surface area contributed by atoms with Gasteiger partial charge in [-0.15, -0.1) is 0 Å². The van der Waals surface area contributed by atoms with E-state index in [2.05, 4.69) is 58.9 Å². The number of hydrogen-bond acceptors (Lipinski definition) is 1. The Morgan fingerprint density at radius 3 is 0.655 bits per heavy atom. The maximum absolute atomic E-state index is 4.94. The van der Waals surface area contributed by atoms with E-state index in [1.807, 2.05) is 64.2 Å². The third-order valence-electron chi connectivity index (χ3n) is 1.94. The van der Waals surface area contributed by atoms with Gasteiger partial charge in [-0.05, 0) is 77.0 Å². The summed E-state index contributed by atoms with van der Waals surface area (Å²) in [6.07, 6.45) is 22.6. The normalized spacial score (nSPS) is 16.1. The fourth-order valence-corrected chi connectivity index (χ4v) is 1.15. The van der Waals surface area contributed by atoms with Crippen molar-refractivity contribution in [2.75, 3.05) is 13.2 Å². The maximum atomic E-state index is 4.94. The average molecular weight is 539 g/mol. The van der Waals surface area contributed by atoms with Crippen LogP contribution in [0.5, 0.6) is 0 Å². The number of ether oxygens (including phenoxy) is 1. The molecule has 0 unspecified atom stereocenters. The third kappa shape index (κ3) is 81.4. The molecule has 1 nitrogen and oxygen atoms in total. The Kier molecular flexibility index (Phi) is 53.2. The van der Waals surface area contributed by atoms with Gasteiger partial charge in [0.15, 0.2) is 0 Å². The first-order valence-electron chi connectivity index (χ1n) is 9.91. The molecular weight excluding hydrogens is 494 g/mol. The second-order valence-corrected chi connectivity index (χ2v) is 16.7. The minimum atomic E-state index is 0. The van der Waals surface area contributed by atoms with Crippen LogP contribution in [-0.2, 0) is 30.6 Å². The largest absolute Gasteiger partial charge is 0.381 e. The van der Waals surface area contributed by atoms with Gasteiger partial charge in [0.2, 0.25) is 0 Å². The van der Waals surface area contributed by atoms with Gasteiger partial charge in [0.05, 0.1) is 0 Å². The van der Waals surface area contributed by atoms with Gasteiger partial charge in [-0.25, -0.2) is 0 Å². The fourth-order valence-electron chi connectivity index (χ4n) is 1.15. The zero-order chi connectivity index (χ0) is 21.3. The third-order valence-corrected chi connectivity index (χ3v) is 1.94. The van der Waals surface area contributed by atoms with Crippen LogP contribution in [0.15, 0.2) is 0 Å². The van der Waals surface area contributed by atoms with Crippen molar-refractivity contribution in [3.8, 4) is 0 Å². The molecule has 0 aromatic carbocycles. The first-order chi connectivity index (χ1) is 12.7. The van der Waals surface area contributed by atoms with Gasteiger partial charge in [0.25, 0.3) is 0 Å². The summed E-state index contributed by atoms with van der Waals surface area (Å²) in [6.45, 7) is 22.4. The van der Waals surface area contributed by atoms with Crippen LogP contribution >= 0.6 is 0 Å². The molecule has 18 radical (unpaired) electrons. The van der Waals surface area contributed by atoms with Gasteiger partial charge in [-0.3, -0.25) is 0 Å². The van der Waals surface area contributed by atoms with E-state index in [9.17, 15) is 0 Å². The molecule has 3 rings (SSSR count). The van der Waals surface area contributed by atoms with Crippen LogP contribution in [0, 0.1) is 64.2 Å². The molecule has 6 heteroatoms. The molecule has 1 heterocycles. The van der Waals surface area contributed by atoms with Crippen LogP contribution < -0.4 is 0 Å². The Balaban J connectivity index is -0.0000000788. The van der Waals surface area contributed by atoms with E-state index in [0.29, 0.717) is 0 Å². The standard InChI is InChI=1S/2C5H5.C4H8O.3C3H9Si.Ge.Sc/c3*1-2-4-5-3-1;3*1-4(2)3;;/h2*1-5H;1-4H2;3*1-3H3;;. The van der Waals surface area contributed by atoms with Crippen LogP contribution in [0.3, 0.4) is 0 Å². The van der Waals surface area contributed by atoms with Gasteiger partial charge >= 0.3 is 0 Å². The first-order valence-corrected chi connectivity index (χ1v) is 18.9. The second-order valence-electron chi connectivity index (χ2n) is 7.74. The molecule has 3 fully saturated rings. The van der Waals surface area contributed by atoms with E-state index >= 15 is 0 Å². The molecule has 0 spiro atoms. The SMILES string of the molecule is C1CCOC1.C[Si](C)C.C[Si](C)C.C[Si](C)C.[CH]1[CH][CH][CH][CH]1.[CH]1[CH][CH][CH][CH]1.[Ge].[Sc]. The van der Waals surface area contributed by atoms with Crippen molar-refractivity contribution in [3.63, 3.8) is 0 Å². The molecule has 0 N–H and O–H groups in total. The second kappa shape index (κ2) is 37.3. The summed E-state index contributed by atoms with van der Waals surface area (Å²) in [6, 6.07) is 0. The monoisotopic (exact) mass is 540 g/mol. The Morgan fingerprint density at radius 2 is 0.586 bits per heavy atom. The van der Waals surface area contributed by atoms with E-state index < -0.39 is 0 Å². The van der Waals surface area contributed by atoms with Crippen LogP contribution in [0.25, 0.3) is 0 Å². The summed E-state index contributed by atoms with van der Waals surface area (Å²) in [4.78, 5) is 0. The van der Waals surface area contributed by atoms with Crippen molar-refractivity contribution in [3.05, 3.63) is 64.2 Å². The quantitative estimate of drug-likeness (QED) is 0.317. The predicted octanol–water partition coefficient (Wildman–Crippen LogP) is 6.57. The van der Waals surface area contributed by atoms with Gasteiger partial charge < -0.3 is 4.74 Å². The van der Waals surface area contributed by atoms with Gasteiger partial charge in [0, 0.05) is 83.0 Å². The molecule has 0 aromatic rings. The zero-order valence-corrected chi connectivity index (χ0v) is 27.5. The number of hydrogen-bond donors (Lipinski definition) is 0. The molecule has 29 heavy (non-hydrogen) atoms. The van der Waals surface area contributed by atoms with E-state index in [0.717, 1.165) is 13.2 Å². The minimum Gasteiger partial charge on any atom is -0.381 e. The Labute approximate surface area is 222 Å². The van der Waals surface area contributed by atoms with E-state index in [1.165, 1.54) is 12.8 Å². The summed E-state index contributed by atoms with van der Waals surface area (Å²) in [5.41, 5.74) is 0. The van der Waals surface area contributed by atoms with Crippen LogP contribution in [-0.4, -0.2) is 57.2 Å². The van der Waals surface area contributed by atoms with Crippen molar-refractivity contribution in [1.82, 2.24) is 0 Å². The molecule has 0 amide bonds. The summed E-state index contributed by atoms with van der Waals surface area (Å²) < 4.78 is 4.94. The summed E-state index contributed by atoms with van der Waals surface area (Å²) in [7, 11) is 0.361. The Morgan fingerprint density at radius 1 is 0.448 bits per heavy atom. The predicted molar refractivity (Wildman–Crippen MR) is 139 cm³/mol. The van der Waals surface area contributed by atoms with Crippen molar-refractivity contribution in [2.45, 2.75) is 71.8 Å². The average Bonchev–Trinajstić information content (AvgIpc) is 3.31. The van der Waals surface area contributed by atoms with Gasteiger partial charge in [-0.2, -0.15) is 0 Å². The molecule has 2 aliphatic carbocycles. The van der Waals surface area contributed by atoms with Gasteiger partial charge in [-0.1, -0.05) is 58.9 Å². The molecule has 162 valence electrons. The van der Waals surface area contributed by atoms with Crippen LogP contribution in [0.2, 0.25) is 58.9 Å². The number of rotatable bonds is 0. The Hall–Kier alpha value is 2.02. The van der Waals surface area contributed by atoms with Crippen LogP contribution in [0.4, 0.5) is 0 Å². The van der Waals surface area contributed by atoms with Crippen LogP contribution in [0.1, 0.15) is 12.8 Å². The molecule has 1 aliphatic heterocycles. The van der Waals surface area contributed by atoms with E-state index in [1.54, 1.807) is 0 Å². The first kappa shape index (κ1) is 41.3. The fraction of sp³-hybridized carbons (Fsp3) is 0.565. The topological polar surface area (TPSA) is 9.23 Å². The summed E-state index contributed by atoms with van der Waals surface area (Å²) >= 11 is 0. The van der Waals surface area contributed by atoms with Crippen molar-refractivity contribution >= 4 is 44.0 Å². The summed E-state index contributed by atoms with van der Waals surface area (Å²) in [5.74, 6) is 0. The van der Waals surface area contributed by atoms with Crippen molar-refractivity contribution in [2.24, 2.45) is 0 Å². The molecule has 0 aromatic heterocycles. The smallest absolute Gasteiger partial charge is 0.0466 e. The maximum Gasteiger partial charge on any atom is 0.0466 e.